The largest absolute Gasteiger partial charge is 0.330 e. The summed E-state index contributed by atoms with van der Waals surface area (Å²) in [6.07, 6.45) is 1.88. The van der Waals surface area contributed by atoms with Crippen molar-refractivity contribution in [3.8, 4) is 0 Å². The Hall–Kier alpha value is -0.180. The molecule has 1 aliphatic heterocycles. The maximum absolute atomic E-state index is 12.5. The van der Waals surface area contributed by atoms with Crippen LogP contribution >= 0.6 is 22.9 Å². The quantitative estimate of drug-likeness (QED) is 0.890. The van der Waals surface area contributed by atoms with Gasteiger partial charge in [0.2, 0.25) is 0 Å². The summed E-state index contributed by atoms with van der Waals surface area (Å²) >= 11 is 7.28. The Kier molecular flexibility index (Phi) is 5.44. The Morgan fingerprint density at radius 3 is 2.90 bits per heavy atom. The van der Waals surface area contributed by atoms with Crippen molar-refractivity contribution in [2.24, 2.45) is 11.7 Å². The van der Waals surface area contributed by atoms with Crippen LogP contribution in [-0.2, 0) is 16.8 Å². The fourth-order valence-electron chi connectivity index (χ4n) is 2.36. The Labute approximate surface area is 129 Å². The molecular weight excluding hydrogens is 318 g/mol. The van der Waals surface area contributed by atoms with Crippen LogP contribution in [0.1, 0.15) is 17.7 Å². The zero-order valence-electron chi connectivity index (χ0n) is 11.5. The predicted molar refractivity (Wildman–Crippen MR) is 83.1 cm³/mol. The maximum atomic E-state index is 12.5. The summed E-state index contributed by atoms with van der Waals surface area (Å²) in [7, 11) is -1.81. The molecule has 0 bridgehead atoms. The molecule has 1 fully saturated rings. The molecule has 5 nitrogen and oxygen atoms in total. The highest BCUT2D eigenvalue weighted by atomic mass is 35.5. The van der Waals surface area contributed by atoms with Gasteiger partial charge in [0.25, 0.3) is 10.2 Å². The van der Waals surface area contributed by atoms with E-state index in [0.29, 0.717) is 30.5 Å². The maximum Gasteiger partial charge on any atom is 0.282 e. The van der Waals surface area contributed by atoms with Crippen LogP contribution in [0.3, 0.4) is 0 Å². The molecule has 1 aliphatic rings. The lowest BCUT2D eigenvalue weighted by Gasteiger charge is -2.33. The van der Waals surface area contributed by atoms with Crippen LogP contribution in [0.4, 0.5) is 0 Å². The SMILES string of the molecule is CN(Cc1ccc(Cl)s1)S(=O)(=O)N1CCCC(CN)C1. The fraction of sp³-hybridized carbons (Fsp3) is 0.667. The molecule has 114 valence electrons. The number of hydrogen-bond acceptors (Lipinski definition) is 4. The summed E-state index contributed by atoms with van der Waals surface area (Å²) in [5, 5.41) is 0. The molecule has 1 atom stereocenters. The third-order valence-electron chi connectivity index (χ3n) is 3.54. The summed E-state index contributed by atoms with van der Waals surface area (Å²) in [5.41, 5.74) is 5.66. The van der Waals surface area contributed by atoms with Gasteiger partial charge in [0.1, 0.15) is 0 Å². The van der Waals surface area contributed by atoms with E-state index in [-0.39, 0.29) is 5.92 Å². The predicted octanol–water partition coefficient (Wildman–Crippen LogP) is 1.75. The summed E-state index contributed by atoms with van der Waals surface area (Å²) in [5.74, 6) is 0.267. The van der Waals surface area contributed by atoms with Crippen LogP contribution in [0.15, 0.2) is 12.1 Å². The van der Waals surface area contributed by atoms with E-state index in [4.69, 9.17) is 17.3 Å². The summed E-state index contributed by atoms with van der Waals surface area (Å²) in [6, 6.07) is 3.64. The number of hydrogen-bond donors (Lipinski definition) is 1. The third kappa shape index (κ3) is 3.72. The lowest BCUT2D eigenvalue weighted by Crippen LogP contribution is -2.47. The first kappa shape index (κ1) is 16.2. The first-order valence-electron chi connectivity index (χ1n) is 6.59. The van der Waals surface area contributed by atoms with Crippen molar-refractivity contribution in [3.05, 3.63) is 21.3 Å². The van der Waals surface area contributed by atoms with Crippen molar-refractivity contribution in [1.29, 1.82) is 0 Å². The van der Waals surface area contributed by atoms with Crippen LogP contribution in [0, 0.1) is 5.92 Å². The Bertz CT molecular complexity index is 547. The van der Waals surface area contributed by atoms with Crippen LogP contribution in [0.25, 0.3) is 0 Å². The molecule has 8 heteroatoms. The second-order valence-electron chi connectivity index (χ2n) is 5.07. The van der Waals surface area contributed by atoms with Gasteiger partial charge >= 0.3 is 0 Å². The van der Waals surface area contributed by atoms with E-state index in [0.717, 1.165) is 17.7 Å². The molecule has 0 aliphatic carbocycles. The Morgan fingerprint density at radius 2 is 2.30 bits per heavy atom. The number of rotatable bonds is 5. The lowest BCUT2D eigenvalue weighted by molar-refractivity contribution is 0.255. The summed E-state index contributed by atoms with van der Waals surface area (Å²) in [4.78, 5) is 0.938. The minimum atomic E-state index is -3.42. The highest BCUT2D eigenvalue weighted by molar-refractivity contribution is 7.86. The standard InChI is InChI=1S/C12H20ClN3O2S2/c1-15(9-11-4-5-12(13)19-11)20(17,18)16-6-2-3-10(7-14)8-16/h4-5,10H,2-3,6-9,14H2,1H3. The van der Waals surface area contributed by atoms with Crippen molar-refractivity contribution < 1.29 is 8.42 Å². The molecule has 0 aromatic carbocycles. The van der Waals surface area contributed by atoms with Gasteiger partial charge in [-0.15, -0.1) is 11.3 Å². The highest BCUT2D eigenvalue weighted by Crippen LogP contribution is 2.25. The first-order valence-corrected chi connectivity index (χ1v) is 9.18. The van der Waals surface area contributed by atoms with Crippen LogP contribution in [-0.4, -0.2) is 43.7 Å². The molecule has 2 N–H and O–H groups in total. The van der Waals surface area contributed by atoms with Crippen molar-refractivity contribution in [2.75, 3.05) is 26.7 Å². The number of nitrogens with zero attached hydrogens (tertiary/aromatic N) is 2. The zero-order valence-corrected chi connectivity index (χ0v) is 13.8. The minimum Gasteiger partial charge on any atom is -0.330 e. The van der Waals surface area contributed by atoms with E-state index in [1.54, 1.807) is 17.4 Å². The molecular formula is C12H20ClN3O2S2. The monoisotopic (exact) mass is 337 g/mol. The first-order chi connectivity index (χ1) is 9.43. The smallest absolute Gasteiger partial charge is 0.282 e. The van der Waals surface area contributed by atoms with Gasteiger partial charge in [-0.1, -0.05) is 11.6 Å². The number of halogens is 1. The molecule has 1 saturated heterocycles. The van der Waals surface area contributed by atoms with Gasteiger partial charge in [-0.25, -0.2) is 0 Å². The van der Waals surface area contributed by atoms with E-state index in [1.165, 1.54) is 15.6 Å². The average molecular weight is 338 g/mol. The molecule has 0 radical (unpaired) electrons. The van der Waals surface area contributed by atoms with Crippen molar-refractivity contribution in [3.63, 3.8) is 0 Å². The van der Waals surface area contributed by atoms with Gasteiger partial charge in [0.05, 0.1) is 4.34 Å². The Morgan fingerprint density at radius 1 is 1.55 bits per heavy atom. The average Bonchev–Trinajstić information content (AvgIpc) is 2.84. The molecule has 1 aromatic rings. The second kappa shape index (κ2) is 6.72. The van der Waals surface area contributed by atoms with Crippen molar-refractivity contribution >= 4 is 33.1 Å². The van der Waals surface area contributed by atoms with E-state index in [1.807, 2.05) is 6.07 Å². The lowest BCUT2D eigenvalue weighted by atomic mass is 10.0. The van der Waals surface area contributed by atoms with Gasteiger partial charge in [-0.3, -0.25) is 0 Å². The number of nitrogens with two attached hydrogens (primary N) is 1. The molecule has 0 spiro atoms. The van der Waals surface area contributed by atoms with Gasteiger partial charge in [-0.05, 0) is 37.4 Å². The normalized spacial score (nSPS) is 21.5. The topological polar surface area (TPSA) is 66.6 Å². The summed E-state index contributed by atoms with van der Waals surface area (Å²) < 4.78 is 28.7. The van der Waals surface area contributed by atoms with E-state index >= 15 is 0 Å². The third-order valence-corrected chi connectivity index (χ3v) is 6.66. The molecule has 20 heavy (non-hydrogen) atoms. The molecule has 0 saturated carbocycles. The molecule has 1 unspecified atom stereocenters. The molecule has 1 aromatic heterocycles. The fourth-order valence-corrected chi connectivity index (χ4v) is 5.04. The minimum absolute atomic E-state index is 0.267. The van der Waals surface area contributed by atoms with Crippen LogP contribution in [0.5, 0.6) is 0 Å². The van der Waals surface area contributed by atoms with E-state index < -0.39 is 10.2 Å². The number of thiophene rings is 1. The van der Waals surface area contributed by atoms with Gasteiger partial charge in [0.15, 0.2) is 0 Å². The van der Waals surface area contributed by atoms with Crippen LogP contribution < -0.4 is 5.73 Å². The Balaban J connectivity index is 2.05. The van der Waals surface area contributed by atoms with E-state index in [2.05, 4.69) is 0 Å². The summed E-state index contributed by atoms with van der Waals surface area (Å²) in [6.45, 7) is 1.99. The highest BCUT2D eigenvalue weighted by Gasteiger charge is 2.31. The van der Waals surface area contributed by atoms with Crippen molar-refractivity contribution in [2.45, 2.75) is 19.4 Å². The number of piperidine rings is 1. The molecule has 2 heterocycles. The second-order valence-corrected chi connectivity index (χ2v) is 8.91. The van der Waals surface area contributed by atoms with Crippen LogP contribution in [0.2, 0.25) is 4.34 Å². The van der Waals surface area contributed by atoms with Crippen molar-refractivity contribution in [1.82, 2.24) is 8.61 Å². The van der Waals surface area contributed by atoms with Gasteiger partial charge in [0, 0.05) is 31.6 Å². The van der Waals surface area contributed by atoms with E-state index in [9.17, 15) is 8.42 Å². The zero-order chi connectivity index (χ0) is 14.8. The van der Waals surface area contributed by atoms with Gasteiger partial charge < -0.3 is 5.73 Å². The molecule has 2 rings (SSSR count). The van der Waals surface area contributed by atoms with Gasteiger partial charge in [-0.2, -0.15) is 17.0 Å². The molecule has 0 amide bonds.